The van der Waals surface area contributed by atoms with Crippen LogP contribution >= 0.6 is 11.8 Å². The summed E-state index contributed by atoms with van der Waals surface area (Å²) >= 11 is 1.17. The molecule has 1 fully saturated rings. The molecule has 0 atom stereocenters. The van der Waals surface area contributed by atoms with Gasteiger partial charge in [0.15, 0.2) is 0 Å². The van der Waals surface area contributed by atoms with Gasteiger partial charge in [0.1, 0.15) is 0 Å². The highest BCUT2D eigenvalue weighted by Crippen LogP contribution is 2.25. The molecule has 138 valence electrons. The van der Waals surface area contributed by atoms with Crippen molar-refractivity contribution >= 4 is 29.3 Å². The first-order valence-corrected chi connectivity index (χ1v) is 9.48. The Balaban J connectivity index is 1.58. The van der Waals surface area contributed by atoms with Crippen molar-refractivity contribution in [2.45, 2.75) is 50.3 Å². The number of hydrogen-bond donors (Lipinski definition) is 2. The molecule has 0 spiro atoms. The monoisotopic (exact) mass is 374 g/mol. The van der Waals surface area contributed by atoms with E-state index in [-0.39, 0.29) is 29.0 Å². The summed E-state index contributed by atoms with van der Waals surface area (Å²) < 4.78 is 5.56. The van der Waals surface area contributed by atoms with Crippen molar-refractivity contribution in [2.75, 3.05) is 11.1 Å². The SMILES string of the molecule is CC(C)(C)c1nnc(SCC(=O)Nc2ccccc2C(=O)NC2CC2)o1. The van der Waals surface area contributed by atoms with Gasteiger partial charge in [-0.15, -0.1) is 10.2 Å². The zero-order chi connectivity index (χ0) is 18.7. The summed E-state index contributed by atoms with van der Waals surface area (Å²) in [7, 11) is 0. The molecule has 1 aromatic heterocycles. The molecule has 2 N–H and O–H groups in total. The van der Waals surface area contributed by atoms with Crippen LogP contribution in [-0.4, -0.2) is 33.8 Å². The molecule has 3 rings (SSSR count). The number of aromatic nitrogens is 2. The number of hydrogen-bond acceptors (Lipinski definition) is 6. The Morgan fingerprint density at radius 2 is 1.96 bits per heavy atom. The smallest absolute Gasteiger partial charge is 0.277 e. The van der Waals surface area contributed by atoms with Crippen molar-refractivity contribution < 1.29 is 14.0 Å². The fourth-order valence-corrected chi connectivity index (χ4v) is 2.73. The second kappa shape index (κ2) is 7.49. The van der Waals surface area contributed by atoms with E-state index in [0.717, 1.165) is 12.8 Å². The molecule has 8 heteroatoms. The predicted octanol–water partition coefficient (Wildman–Crippen LogP) is 2.99. The van der Waals surface area contributed by atoms with Crippen molar-refractivity contribution in [3.05, 3.63) is 35.7 Å². The third-order valence-electron chi connectivity index (χ3n) is 3.73. The summed E-state index contributed by atoms with van der Waals surface area (Å²) in [5.41, 5.74) is 0.727. The number of anilines is 1. The maximum absolute atomic E-state index is 12.3. The molecule has 7 nitrogen and oxygen atoms in total. The van der Waals surface area contributed by atoms with E-state index in [0.29, 0.717) is 22.4 Å². The normalized spacial score (nSPS) is 14.1. The molecule has 2 amide bonds. The van der Waals surface area contributed by atoms with Crippen LogP contribution in [0, 0.1) is 0 Å². The van der Waals surface area contributed by atoms with Crippen LogP contribution in [0.1, 0.15) is 49.9 Å². The number of nitrogens with zero attached hydrogens (tertiary/aromatic N) is 2. The van der Waals surface area contributed by atoms with Gasteiger partial charge < -0.3 is 15.1 Å². The van der Waals surface area contributed by atoms with Gasteiger partial charge in [0, 0.05) is 11.5 Å². The topological polar surface area (TPSA) is 97.1 Å². The average molecular weight is 374 g/mol. The predicted molar refractivity (Wildman–Crippen MR) is 99.3 cm³/mol. The molecule has 1 aliphatic carbocycles. The summed E-state index contributed by atoms with van der Waals surface area (Å²) in [5.74, 6) is 0.243. The summed E-state index contributed by atoms with van der Waals surface area (Å²) in [6.45, 7) is 5.93. The highest BCUT2D eigenvalue weighted by Gasteiger charge is 2.25. The van der Waals surface area contributed by atoms with E-state index in [9.17, 15) is 9.59 Å². The molecule has 1 saturated carbocycles. The standard InChI is InChI=1S/C18H22N4O3S/c1-18(2,3)16-21-22-17(25-16)26-10-14(23)20-13-7-5-4-6-12(13)15(24)19-11-8-9-11/h4-7,11H,8-10H2,1-3H3,(H,19,24)(H,20,23). The Bertz CT molecular complexity index is 809. The van der Waals surface area contributed by atoms with Gasteiger partial charge in [-0.1, -0.05) is 44.7 Å². The van der Waals surface area contributed by atoms with Gasteiger partial charge in [0.05, 0.1) is 17.0 Å². The Kier molecular flexibility index (Phi) is 5.31. The molecule has 0 aliphatic heterocycles. The lowest BCUT2D eigenvalue weighted by Gasteiger charge is -2.11. The number of thioether (sulfide) groups is 1. The van der Waals surface area contributed by atoms with Crippen LogP contribution in [0.5, 0.6) is 0 Å². The first kappa shape index (κ1) is 18.4. The first-order valence-electron chi connectivity index (χ1n) is 8.49. The van der Waals surface area contributed by atoms with Crippen LogP contribution in [-0.2, 0) is 10.2 Å². The van der Waals surface area contributed by atoms with Crippen molar-refractivity contribution in [3.8, 4) is 0 Å². The van der Waals surface area contributed by atoms with E-state index >= 15 is 0 Å². The molecule has 0 radical (unpaired) electrons. The molecular formula is C18H22N4O3S. The van der Waals surface area contributed by atoms with E-state index in [2.05, 4.69) is 20.8 Å². The zero-order valence-electron chi connectivity index (χ0n) is 15.0. The van der Waals surface area contributed by atoms with E-state index in [1.807, 2.05) is 20.8 Å². The molecule has 1 aliphatic rings. The van der Waals surface area contributed by atoms with Crippen LogP contribution in [0.15, 0.2) is 33.9 Å². The van der Waals surface area contributed by atoms with Gasteiger partial charge in [-0.05, 0) is 25.0 Å². The van der Waals surface area contributed by atoms with Gasteiger partial charge in [-0.3, -0.25) is 9.59 Å². The van der Waals surface area contributed by atoms with Gasteiger partial charge >= 0.3 is 0 Å². The Labute approximate surface area is 156 Å². The van der Waals surface area contributed by atoms with Gasteiger partial charge in [-0.25, -0.2) is 0 Å². The molecule has 2 aromatic rings. The van der Waals surface area contributed by atoms with Crippen molar-refractivity contribution in [1.29, 1.82) is 0 Å². The highest BCUT2D eigenvalue weighted by molar-refractivity contribution is 7.99. The maximum Gasteiger partial charge on any atom is 0.277 e. The lowest BCUT2D eigenvalue weighted by atomic mass is 9.97. The molecular weight excluding hydrogens is 352 g/mol. The Morgan fingerprint density at radius 1 is 1.23 bits per heavy atom. The average Bonchev–Trinajstić information content (AvgIpc) is 3.25. The minimum atomic E-state index is -0.239. The van der Waals surface area contributed by atoms with Crippen LogP contribution < -0.4 is 10.6 Å². The van der Waals surface area contributed by atoms with E-state index in [4.69, 9.17) is 4.42 Å². The number of amides is 2. The molecule has 1 heterocycles. The van der Waals surface area contributed by atoms with E-state index < -0.39 is 0 Å². The molecule has 1 aromatic carbocycles. The fourth-order valence-electron chi connectivity index (χ4n) is 2.17. The number of benzene rings is 1. The highest BCUT2D eigenvalue weighted by atomic mass is 32.2. The van der Waals surface area contributed by atoms with Crippen LogP contribution in [0.3, 0.4) is 0 Å². The minimum absolute atomic E-state index is 0.115. The van der Waals surface area contributed by atoms with E-state index in [1.165, 1.54) is 11.8 Å². The molecule has 0 saturated heterocycles. The van der Waals surface area contributed by atoms with Crippen LogP contribution in [0.4, 0.5) is 5.69 Å². The van der Waals surface area contributed by atoms with Crippen molar-refractivity contribution in [1.82, 2.24) is 15.5 Å². The number of nitrogens with one attached hydrogen (secondary N) is 2. The minimum Gasteiger partial charge on any atom is -0.415 e. The summed E-state index contributed by atoms with van der Waals surface area (Å²) in [4.78, 5) is 24.5. The molecule has 26 heavy (non-hydrogen) atoms. The largest absolute Gasteiger partial charge is 0.415 e. The Morgan fingerprint density at radius 3 is 2.62 bits per heavy atom. The molecule has 0 bridgehead atoms. The number of carbonyl (C=O) groups is 2. The van der Waals surface area contributed by atoms with Crippen LogP contribution in [0.25, 0.3) is 0 Å². The van der Waals surface area contributed by atoms with Crippen molar-refractivity contribution in [2.24, 2.45) is 0 Å². The number of para-hydroxylation sites is 1. The lowest BCUT2D eigenvalue weighted by Crippen LogP contribution is -2.27. The zero-order valence-corrected chi connectivity index (χ0v) is 15.9. The number of carbonyl (C=O) groups excluding carboxylic acids is 2. The number of rotatable bonds is 6. The molecule has 0 unspecified atom stereocenters. The second-order valence-corrected chi connectivity index (χ2v) is 8.18. The first-order chi connectivity index (χ1) is 12.3. The maximum atomic E-state index is 12.3. The van der Waals surface area contributed by atoms with Gasteiger partial charge in [-0.2, -0.15) is 0 Å². The summed E-state index contributed by atoms with van der Waals surface area (Å²) in [5, 5.41) is 14.0. The quantitative estimate of drug-likeness (QED) is 0.755. The van der Waals surface area contributed by atoms with E-state index in [1.54, 1.807) is 24.3 Å². The lowest BCUT2D eigenvalue weighted by molar-refractivity contribution is -0.113. The van der Waals surface area contributed by atoms with Crippen LogP contribution in [0.2, 0.25) is 0 Å². The summed E-state index contributed by atoms with van der Waals surface area (Å²) in [6, 6.07) is 7.24. The van der Waals surface area contributed by atoms with Crippen molar-refractivity contribution in [3.63, 3.8) is 0 Å². The third kappa shape index (κ3) is 4.85. The van der Waals surface area contributed by atoms with Gasteiger partial charge in [0.2, 0.25) is 11.8 Å². The van der Waals surface area contributed by atoms with Gasteiger partial charge in [0.25, 0.3) is 11.1 Å². The fraction of sp³-hybridized carbons (Fsp3) is 0.444. The second-order valence-electron chi connectivity index (χ2n) is 7.25. The Hall–Kier alpha value is -2.35. The summed E-state index contributed by atoms with van der Waals surface area (Å²) in [6.07, 6.45) is 2.02. The third-order valence-corrected chi connectivity index (χ3v) is 4.55.